The van der Waals surface area contributed by atoms with Crippen molar-refractivity contribution in [3.05, 3.63) is 16.1 Å². The predicted octanol–water partition coefficient (Wildman–Crippen LogP) is 3.28. The first-order chi connectivity index (χ1) is 8.62. The molecule has 1 heterocycles. The number of hydrogen-bond donors (Lipinski definition) is 1. The topological polar surface area (TPSA) is 50.2 Å². The molecule has 3 rings (SSSR count). The van der Waals surface area contributed by atoms with Gasteiger partial charge >= 0.3 is 5.97 Å². The van der Waals surface area contributed by atoms with Gasteiger partial charge in [-0.05, 0) is 50.9 Å². The second-order valence-electron chi connectivity index (χ2n) is 5.90. The van der Waals surface area contributed by atoms with E-state index in [9.17, 15) is 9.90 Å². The van der Waals surface area contributed by atoms with Crippen LogP contribution in [0, 0.1) is 24.2 Å². The van der Waals surface area contributed by atoms with Gasteiger partial charge in [-0.25, -0.2) is 4.98 Å². The summed E-state index contributed by atoms with van der Waals surface area (Å²) in [6.45, 7) is 2.01. The maximum atomic E-state index is 11.7. The molecule has 3 unspecified atom stereocenters. The molecule has 2 saturated carbocycles. The van der Waals surface area contributed by atoms with Crippen LogP contribution >= 0.6 is 11.3 Å². The number of nitrogens with zero attached hydrogens (tertiary/aromatic N) is 1. The van der Waals surface area contributed by atoms with E-state index < -0.39 is 11.4 Å². The average Bonchev–Trinajstić information content (AvgIpc) is 3.01. The van der Waals surface area contributed by atoms with E-state index in [0.29, 0.717) is 11.8 Å². The SMILES string of the molecule is Cc1ncsc1CCC1(C(=O)O)CC2CCC1C2. The number of thiazole rings is 1. The molecule has 3 atom stereocenters. The van der Waals surface area contributed by atoms with Gasteiger partial charge in [0, 0.05) is 4.88 Å². The number of carboxylic acids is 1. The third-order valence-corrected chi connectivity index (χ3v) is 6.04. The third kappa shape index (κ3) is 1.78. The molecule has 0 saturated heterocycles. The molecule has 0 aromatic carbocycles. The summed E-state index contributed by atoms with van der Waals surface area (Å²) in [7, 11) is 0. The number of rotatable bonds is 4. The number of aryl methyl sites for hydroxylation is 2. The zero-order chi connectivity index (χ0) is 12.8. The molecule has 2 aliphatic carbocycles. The summed E-state index contributed by atoms with van der Waals surface area (Å²) < 4.78 is 0. The van der Waals surface area contributed by atoms with E-state index in [1.165, 1.54) is 11.3 Å². The quantitative estimate of drug-likeness (QED) is 0.909. The lowest BCUT2D eigenvalue weighted by Crippen LogP contribution is -2.37. The van der Waals surface area contributed by atoms with Crippen LogP contribution in [0.15, 0.2) is 5.51 Å². The minimum atomic E-state index is -0.558. The van der Waals surface area contributed by atoms with Gasteiger partial charge in [-0.15, -0.1) is 11.3 Å². The van der Waals surface area contributed by atoms with E-state index in [4.69, 9.17) is 0 Å². The fraction of sp³-hybridized carbons (Fsp3) is 0.714. The molecule has 1 N–H and O–H groups in total. The van der Waals surface area contributed by atoms with Crippen molar-refractivity contribution in [2.45, 2.75) is 45.4 Å². The van der Waals surface area contributed by atoms with Crippen LogP contribution in [0.25, 0.3) is 0 Å². The Labute approximate surface area is 111 Å². The van der Waals surface area contributed by atoms with E-state index in [2.05, 4.69) is 4.98 Å². The van der Waals surface area contributed by atoms with Crippen LogP contribution in [0.4, 0.5) is 0 Å². The molecule has 4 heteroatoms. The molecular formula is C14H19NO2S. The van der Waals surface area contributed by atoms with E-state index in [-0.39, 0.29) is 0 Å². The molecule has 0 radical (unpaired) electrons. The number of aliphatic carboxylic acids is 1. The van der Waals surface area contributed by atoms with Crippen molar-refractivity contribution in [3.63, 3.8) is 0 Å². The molecule has 2 aliphatic rings. The average molecular weight is 265 g/mol. The van der Waals surface area contributed by atoms with Crippen molar-refractivity contribution >= 4 is 17.3 Å². The van der Waals surface area contributed by atoms with E-state index >= 15 is 0 Å². The molecule has 2 fully saturated rings. The van der Waals surface area contributed by atoms with Crippen LogP contribution < -0.4 is 0 Å². The summed E-state index contributed by atoms with van der Waals surface area (Å²) in [4.78, 5) is 17.3. The Hall–Kier alpha value is -0.900. The molecule has 18 heavy (non-hydrogen) atoms. The number of carbonyl (C=O) groups is 1. The van der Waals surface area contributed by atoms with Crippen LogP contribution in [0.5, 0.6) is 0 Å². The summed E-state index contributed by atoms with van der Waals surface area (Å²) in [6, 6.07) is 0. The summed E-state index contributed by atoms with van der Waals surface area (Å²) >= 11 is 1.66. The van der Waals surface area contributed by atoms with Crippen LogP contribution in [-0.4, -0.2) is 16.1 Å². The number of hydrogen-bond acceptors (Lipinski definition) is 3. The lowest BCUT2D eigenvalue weighted by atomic mass is 9.70. The monoisotopic (exact) mass is 265 g/mol. The summed E-state index contributed by atoms with van der Waals surface area (Å²) in [5.41, 5.74) is 2.50. The normalized spacial score (nSPS) is 34.1. The lowest BCUT2D eigenvalue weighted by molar-refractivity contribution is -0.153. The Kier molecular flexibility index (Phi) is 2.93. The molecule has 3 nitrogen and oxygen atoms in total. The van der Waals surface area contributed by atoms with Gasteiger partial charge in [-0.2, -0.15) is 0 Å². The van der Waals surface area contributed by atoms with Gasteiger partial charge in [0.15, 0.2) is 0 Å². The highest BCUT2D eigenvalue weighted by atomic mass is 32.1. The molecule has 0 aliphatic heterocycles. The Balaban J connectivity index is 1.76. The predicted molar refractivity (Wildman–Crippen MR) is 70.7 cm³/mol. The van der Waals surface area contributed by atoms with Gasteiger partial charge in [0.1, 0.15) is 0 Å². The largest absolute Gasteiger partial charge is 0.481 e. The molecule has 1 aromatic heterocycles. The van der Waals surface area contributed by atoms with Crippen LogP contribution in [0.2, 0.25) is 0 Å². The van der Waals surface area contributed by atoms with Gasteiger partial charge in [-0.1, -0.05) is 6.42 Å². The lowest BCUT2D eigenvalue weighted by Gasteiger charge is -2.33. The summed E-state index contributed by atoms with van der Waals surface area (Å²) in [5.74, 6) is 0.541. The Morgan fingerprint density at radius 1 is 1.61 bits per heavy atom. The van der Waals surface area contributed by atoms with E-state index in [1.54, 1.807) is 11.3 Å². The van der Waals surface area contributed by atoms with Gasteiger partial charge in [-0.3, -0.25) is 4.79 Å². The molecule has 98 valence electrons. The van der Waals surface area contributed by atoms with Crippen molar-refractivity contribution in [3.8, 4) is 0 Å². The highest BCUT2D eigenvalue weighted by Gasteiger charge is 2.55. The van der Waals surface area contributed by atoms with Gasteiger partial charge in [0.2, 0.25) is 0 Å². The fourth-order valence-corrected chi connectivity index (χ4v) is 4.80. The third-order valence-electron chi connectivity index (χ3n) is 5.04. The van der Waals surface area contributed by atoms with Gasteiger partial charge < -0.3 is 5.11 Å². The first-order valence-electron chi connectivity index (χ1n) is 6.74. The van der Waals surface area contributed by atoms with E-state index in [1.807, 2.05) is 12.4 Å². The molecule has 1 aromatic rings. The molecule has 0 spiro atoms. The number of aromatic nitrogens is 1. The Morgan fingerprint density at radius 2 is 2.44 bits per heavy atom. The minimum Gasteiger partial charge on any atom is -0.481 e. The zero-order valence-corrected chi connectivity index (χ0v) is 11.5. The highest BCUT2D eigenvalue weighted by Crippen LogP contribution is 2.58. The molecular weight excluding hydrogens is 246 g/mol. The first kappa shape index (κ1) is 12.2. The highest BCUT2D eigenvalue weighted by molar-refractivity contribution is 7.09. The molecule has 2 bridgehead atoms. The maximum Gasteiger partial charge on any atom is 0.309 e. The maximum absolute atomic E-state index is 11.7. The second kappa shape index (κ2) is 4.34. The second-order valence-corrected chi connectivity index (χ2v) is 6.84. The van der Waals surface area contributed by atoms with Crippen molar-refractivity contribution in [2.75, 3.05) is 0 Å². The summed E-state index contributed by atoms with van der Waals surface area (Å²) in [5, 5.41) is 9.67. The van der Waals surface area contributed by atoms with Crippen molar-refractivity contribution < 1.29 is 9.90 Å². The smallest absolute Gasteiger partial charge is 0.309 e. The number of fused-ring (bicyclic) bond motifs is 2. The fourth-order valence-electron chi connectivity index (χ4n) is 4.02. The minimum absolute atomic E-state index is 0.424. The van der Waals surface area contributed by atoms with Crippen molar-refractivity contribution in [1.29, 1.82) is 0 Å². The van der Waals surface area contributed by atoms with Crippen molar-refractivity contribution in [2.24, 2.45) is 17.3 Å². The van der Waals surface area contributed by atoms with Crippen molar-refractivity contribution in [1.82, 2.24) is 4.98 Å². The zero-order valence-electron chi connectivity index (χ0n) is 10.7. The Morgan fingerprint density at radius 3 is 2.94 bits per heavy atom. The van der Waals surface area contributed by atoms with Gasteiger partial charge in [0.25, 0.3) is 0 Å². The van der Waals surface area contributed by atoms with Crippen LogP contribution in [-0.2, 0) is 11.2 Å². The molecule has 0 amide bonds. The van der Waals surface area contributed by atoms with Crippen LogP contribution in [0.3, 0.4) is 0 Å². The number of carboxylic acid groups (broad SMARTS) is 1. The first-order valence-corrected chi connectivity index (χ1v) is 7.62. The standard InChI is InChI=1S/C14H19NO2S/c1-9-12(18-8-15-9)4-5-14(13(16)17)7-10-2-3-11(14)6-10/h8,10-11H,2-7H2,1H3,(H,16,17). The summed E-state index contributed by atoms with van der Waals surface area (Å²) in [6.07, 6.45) is 6.11. The Bertz CT molecular complexity index is 470. The van der Waals surface area contributed by atoms with E-state index in [0.717, 1.165) is 37.8 Å². The van der Waals surface area contributed by atoms with Gasteiger partial charge in [0.05, 0.1) is 16.6 Å². The van der Waals surface area contributed by atoms with Crippen LogP contribution in [0.1, 0.15) is 42.7 Å².